The number of carbonyl (C=O) groups excluding carboxylic acids is 1. The fraction of sp³-hybridized carbons (Fsp3) is 0.300. The summed E-state index contributed by atoms with van der Waals surface area (Å²) in [5, 5.41) is 12.1. The third-order valence-corrected chi connectivity index (χ3v) is 4.39. The summed E-state index contributed by atoms with van der Waals surface area (Å²) in [5.41, 5.74) is 1.86. The molecule has 2 unspecified atom stereocenters. The van der Waals surface area contributed by atoms with Crippen LogP contribution in [0.5, 0.6) is 17.2 Å². The first-order valence-electron chi connectivity index (χ1n) is 8.33. The highest BCUT2D eigenvalue weighted by Gasteiger charge is 2.32. The summed E-state index contributed by atoms with van der Waals surface area (Å²) in [6.45, 7) is 0.236. The van der Waals surface area contributed by atoms with E-state index in [9.17, 15) is 4.79 Å². The molecule has 1 saturated heterocycles. The minimum Gasteiger partial charge on any atom is -0.493 e. The van der Waals surface area contributed by atoms with Gasteiger partial charge in [0.25, 0.3) is 0 Å². The molecule has 0 bridgehead atoms. The second-order valence-corrected chi connectivity index (χ2v) is 5.94. The lowest BCUT2D eigenvalue weighted by atomic mass is 10.0. The smallest absolute Gasteiger partial charge is 0.203 e. The van der Waals surface area contributed by atoms with Crippen LogP contribution in [0.3, 0.4) is 0 Å². The van der Waals surface area contributed by atoms with E-state index in [0.717, 1.165) is 5.56 Å². The molecule has 0 amide bonds. The summed E-state index contributed by atoms with van der Waals surface area (Å²) in [7, 11) is 4.52. The quantitative estimate of drug-likeness (QED) is 0.783. The predicted molar refractivity (Wildman–Crippen MR) is 97.2 cm³/mol. The maximum absolute atomic E-state index is 12.9. The van der Waals surface area contributed by atoms with E-state index in [1.54, 1.807) is 24.3 Å². The van der Waals surface area contributed by atoms with Crippen molar-refractivity contribution in [3.63, 3.8) is 0 Å². The second-order valence-electron chi connectivity index (χ2n) is 5.94. The van der Waals surface area contributed by atoms with Gasteiger partial charge in [0.05, 0.1) is 45.6 Å². The normalized spacial score (nSPS) is 18.6. The number of ether oxygens (including phenoxy) is 4. The Morgan fingerprint density at radius 2 is 1.74 bits per heavy atom. The molecule has 3 rings (SSSR count). The molecule has 1 fully saturated rings. The lowest BCUT2D eigenvalue weighted by Gasteiger charge is -2.15. The monoisotopic (exact) mass is 368 g/mol. The molecule has 2 aromatic carbocycles. The van der Waals surface area contributed by atoms with Gasteiger partial charge in [-0.2, -0.15) is 5.26 Å². The van der Waals surface area contributed by atoms with Crippen molar-refractivity contribution in [2.24, 2.45) is 0 Å². The summed E-state index contributed by atoms with van der Waals surface area (Å²) >= 11 is 0. The van der Waals surface area contributed by atoms with Gasteiger partial charge in [-0.05, 0) is 29.8 Å². The van der Waals surface area contributed by atoms with Gasteiger partial charge in [-0.1, -0.05) is 12.1 Å². The van der Waals surface area contributed by atoms with Crippen molar-refractivity contribution < 1.29 is 23.7 Å². The third kappa shape index (κ3) is 3.72. The number of hydrogen-bond donors (Lipinski definition) is 1. The van der Waals surface area contributed by atoms with Crippen LogP contribution < -0.4 is 19.5 Å². The molecule has 0 radical (unpaired) electrons. The van der Waals surface area contributed by atoms with Gasteiger partial charge in [0, 0.05) is 5.56 Å². The minimum atomic E-state index is -0.506. The molecule has 7 nitrogen and oxygen atoms in total. The van der Waals surface area contributed by atoms with Crippen LogP contribution in [-0.2, 0) is 4.74 Å². The average Bonchev–Trinajstić information content (AvgIpc) is 3.22. The molecule has 0 saturated carbocycles. The van der Waals surface area contributed by atoms with Crippen LogP contribution in [-0.4, -0.2) is 39.8 Å². The Balaban J connectivity index is 1.79. The zero-order valence-electron chi connectivity index (χ0n) is 15.3. The number of rotatable bonds is 6. The first-order chi connectivity index (χ1) is 13.1. The molecular formula is C20H20N2O5. The standard InChI is InChI=1S/C20H20N2O5/c1-24-16-8-14(9-17(25-2)19(16)26-3)18(23)15-11-27-20(22-15)13-6-4-12(10-21)5-7-13/h4-9,15,20,22H,11H2,1-3H3. The molecule has 1 heterocycles. The molecule has 1 N–H and O–H groups in total. The van der Waals surface area contributed by atoms with Crippen LogP contribution in [0.2, 0.25) is 0 Å². The number of nitriles is 1. The number of hydrogen-bond acceptors (Lipinski definition) is 7. The maximum atomic E-state index is 12.9. The Hall–Kier alpha value is -3.08. The summed E-state index contributed by atoms with van der Waals surface area (Å²) in [4.78, 5) is 12.9. The summed E-state index contributed by atoms with van der Waals surface area (Å²) in [6, 6.07) is 11.9. The van der Waals surface area contributed by atoms with Crippen LogP contribution in [0.1, 0.15) is 27.7 Å². The van der Waals surface area contributed by atoms with E-state index in [0.29, 0.717) is 28.4 Å². The fourth-order valence-electron chi connectivity index (χ4n) is 2.97. The molecule has 27 heavy (non-hydrogen) atoms. The molecule has 2 aromatic rings. The molecule has 0 aromatic heterocycles. The Labute approximate surface area is 157 Å². The summed E-state index contributed by atoms with van der Waals surface area (Å²) in [6.07, 6.45) is -0.409. The Morgan fingerprint density at radius 3 is 2.26 bits per heavy atom. The number of ketones is 1. The fourth-order valence-corrected chi connectivity index (χ4v) is 2.97. The largest absolute Gasteiger partial charge is 0.493 e. The first-order valence-corrected chi connectivity index (χ1v) is 8.33. The van der Waals surface area contributed by atoms with Gasteiger partial charge < -0.3 is 18.9 Å². The molecule has 140 valence electrons. The second kappa shape index (κ2) is 8.08. The van der Waals surface area contributed by atoms with E-state index in [1.807, 2.05) is 12.1 Å². The van der Waals surface area contributed by atoms with Crippen molar-refractivity contribution in [2.75, 3.05) is 27.9 Å². The highest BCUT2D eigenvalue weighted by molar-refractivity contribution is 6.01. The molecule has 1 aliphatic heterocycles. The van der Waals surface area contributed by atoms with E-state index >= 15 is 0 Å². The Bertz CT molecular complexity index is 848. The number of nitrogens with one attached hydrogen (secondary N) is 1. The Kier molecular flexibility index (Phi) is 5.60. The van der Waals surface area contributed by atoms with Gasteiger partial charge in [-0.3, -0.25) is 10.1 Å². The van der Waals surface area contributed by atoms with Crippen LogP contribution >= 0.6 is 0 Å². The van der Waals surface area contributed by atoms with E-state index in [4.69, 9.17) is 24.2 Å². The van der Waals surface area contributed by atoms with E-state index in [2.05, 4.69) is 11.4 Å². The van der Waals surface area contributed by atoms with Crippen LogP contribution in [0, 0.1) is 11.3 Å². The van der Waals surface area contributed by atoms with E-state index in [-0.39, 0.29) is 12.4 Å². The average molecular weight is 368 g/mol. The molecule has 7 heteroatoms. The maximum Gasteiger partial charge on any atom is 0.203 e. The third-order valence-electron chi connectivity index (χ3n) is 4.39. The van der Waals surface area contributed by atoms with Crippen molar-refractivity contribution in [2.45, 2.75) is 12.3 Å². The lowest BCUT2D eigenvalue weighted by Crippen LogP contribution is -2.34. The molecular weight excluding hydrogens is 348 g/mol. The lowest BCUT2D eigenvalue weighted by molar-refractivity contribution is 0.0908. The van der Waals surface area contributed by atoms with Crippen molar-refractivity contribution >= 4 is 5.78 Å². The van der Waals surface area contributed by atoms with Crippen molar-refractivity contribution in [3.8, 4) is 23.3 Å². The number of Topliss-reactive ketones (excluding diaryl/α,β-unsaturated/α-hetero) is 1. The Morgan fingerprint density at radius 1 is 1.11 bits per heavy atom. The zero-order chi connectivity index (χ0) is 19.4. The van der Waals surface area contributed by atoms with Crippen molar-refractivity contribution in [3.05, 3.63) is 53.1 Å². The van der Waals surface area contributed by atoms with Crippen LogP contribution in [0.4, 0.5) is 0 Å². The van der Waals surface area contributed by atoms with Crippen molar-refractivity contribution in [1.29, 1.82) is 5.26 Å². The van der Waals surface area contributed by atoms with Gasteiger partial charge in [0.1, 0.15) is 6.23 Å². The highest BCUT2D eigenvalue weighted by Crippen LogP contribution is 2.38. The van der Waals surface area contributed by atoms with Crippen LogP contribution in [0.25, 0.3) is 0 Å². The first kappa shape index (κ1) is 18.7. The molecule has 2 atom stereocenters. The number of nitrogens with zero attached hydrogens (tertiary/aromatic N) is 1. The predicted octanol–water partition coefficient (Wildman–Crippen LogP) is 2.45. The molecule has 0 spiro atoms. The summed E-state index contributed by atoms with van der Waals surface area (Å²) in [5.74, 6) is 1.14. The highest BCUT2D eigenvalue weighted by atomic mass is 16.5. The van der Waals surface area contributed by atoms with E-state index < -0.39 is 12.3 Å². The number of benzene rings is 2. The SMILES string of the molecule is COc1cc(C(=O)C2COC(c3ccc(C#N)cc3)N2)cc(OC)c1OC. The molecule has 0 aliphatic carbocycles. The topological polar surface area (TPSA) is 89.8 Å². The molecule has 1 aliphatic rings. The van der Waals surface area contributed by atoms with Gasteiger partial charge >= 0.3 is 0 Å². The zero-order valence-corrected chi connectivity index (χ0v) is 15.3. The van der Waals surface area contributed by atoms with Gasteiger partial charge in [-0.15, -0.1) is 0 Å². The van der Waals surface area contributed by atoms with Gasteiger partial charge in [-0.25, -0.2) is 0 Å². The van der Waals surface area contributed by atoms with E-state index in [1.165, 1.54) is 21.3 Å². The number of carbonyl (C=O) groups is 1. The van der Waals surface area contributed by atoms with Crippen LogP contribution in [0.15, 0.2) is 36.4 Å². The van der Waals surface area contributed by atoms with Gasteiger partial charge in [0.15, 0.2) is 17.3 Å². The van der Waals surface area contributed by atoms with Crippen molar-refractivity contribution in [1.82, 2.24) is 5.32 Å². The minimum absolute atomic E-state index is 0.134. The van der Waals surface area contributed by atoms with Gasteiger partial charge in [0.2, 0.25) is 5.75 Å². The summed E-state index contributed by atoms with van der Waals surface area (Å²) < 4.78 is 21.6. The number of methoxy groups -OCH3 is 3.